The lowest BCUT2D eigenvalue weighted by Crippen LogP contribution is -2.54. The van der Waals surface area contributed by atoms with Crippen LogP contribution >= 0.6 is 22.9 Å². The Hall–Kier alpha value is -3.46. The number of likely N-dealkylation sites (tertiary alicyclic amines) is 1. The van der Waals surface area contributed by atoms with Crippen LogP contribution in [0.4, 0.5) is 0 Å². The van der Waals surface area contributed by atoms with E-state index in [1.807, 2.05) is 79.1 Å². The predicted octanol–water partition coefficient (Wildman–Crippen LogP) is 4.08. The number of hydrogen-bond donors (Lipinski definition) is 2. The van der Waals surface area contributed by atoms with Crippen LogP contribution in [0.3, 0.4) is 0 Å². The largest absolute Gasteiger partial charge is 0.356 e. The van der Waals surface area contributed by atoms with Gasteiger partial charge < -0.3 is 20.3 Å². The lowest BCUT2D eigenvalue weighted by Gasteiger charge is -2.33. The van der Waals surface area contributed by atoms with E-state index in [9.17, 15) is 14.4 Å². The minimum Gasteiger partial charge on any atom is -0.356 e. The van der Waals surface area contributed by atoms with Crippen molar-refractivity contribution in [3.63, 3.8) is 0 Å². The van der Waals surface area contributed by atoms with E-state index >= 15 is 0 Å². The monoisotopic (exact) mass is 561 g/mol. The molecule has 2 aromatic carbocycles. The van der Waals surface area contributed by atoms with Gasteiger partial charge in [-0.15, -0.1) is 11.3 Å². The van der Waals surface area contributed by atoms with Crippen molar-refractivity contribution in [1.82, 2.24) is 15.5 Å². The number of halogens is 1. The van der Waals surface area contributed by atoms with Gasteiger partial charge in [0.1, 0.15) is 11.6 Å². The number of carbonyl (C=O) groups is 3. The molecule has 0 radical (unpaired) electrons. The van der Waals surface area contributed by atoms with Crippen LogP contribution in [0.1, 0.15) is 22.9 Å². The lowest BCUT2D eigenvalue weighted by atomic mass is 9.70. The Kier molecular flexibility index (Phi) is 6.57. The van der Waals surface area contributed by atoms with Crippen molar-refractivity contribution in [3.05, 3.63) is 105 Å². The molecule has 1 spiro atoms. The summed E-state index contributed by atoms with van der Waals surface area (Å²) in [5.74, 6) is -2.44. The van der Waals surface area contributed by atoms with Gasteiger partial charge >= 0.3 is 0 Å². The molecule has 3 aliphatic heterocycles. The Labute approximate surface area is 235 Å². The van der Waals surface area contributed by atoms with Crippen LogP contribution in [-0.2, 0) is 38.8 Å². The summed E-state index contributed by atoms with van der Waals surface area (Å²) in [6.45, 7) is 2.69. The summed E-state index contributed by atoms with van der Waals surface area (Å²) in [4.78, 5) is 44.2. The molecule has 3 aromatic rings. The van der Waals surface area contributed by atoms with Gasteiger partial charge in [-0.25, -0.2) is 0 Å². The number of amides is 3. The van der Waals surface area contributed by atoms with E-state index in [-0.39, 0.29) is 24.3 Å². The van der Waals surface area contributed by atoms with Crippen LogP contribution in [0.25, 0.3) is 0 Å². The van der Waals surface area contributed by atoms with Gasteiger partial charge in [-0.05, 0) is 41.6 Å². The molecule has 2 bridgehead atoms. The smallest absolute Gasteiger partial charge is 0.246 e. The fraction of sp³-hybridized carbons (Fsp3) is 0.300. The van der Waals surface area contributed by atoms with E-state index in [2.05, 4.69) is 10.6 Å². The summed E-state index contributed by atoms with van der Waals surface area (Å²) in [5.41, 5.74) is -0.472. The van der Waals surface area contributed by atoms with Gasteiger partial charge in [0, 0.05) is 23.0 Å². The maximum atomic E-state index is 14.2. The Morgan fingerprint density at radius 2 is 1.69 bits per heavy atom. The van der Waals surface area contributed by atoms with Crippen LogP contribution in [0.5, 0.6) is 0 Å². The maximum Gasteiger partial charge on any atom is 0.246 e. The number of benzene rings is 2. The van der Waals surface area contributed by atoms with Crippen molar-refractivity contribution < 1.29 is 19.1 Å². The number of carbonyl (C=O) groups excluding carboxylic acids is 3. The molecule has 2 N–H and O–H groups in total. The number of thiophene rings is 1. The van der Waals surface area contributed by atoms with Gasteiger partial charge in [0.05, 0.1) is 24.0 Å². The van der Waals surface area contributed by atoms with Crippen LogP contribution < -0.4 is 10.6 Å². The highest BCUT2D eigenvalue weighted by Crippen LogP contribution is 2.59. The summed E-state index contributed by atoms with van der Waals surface area (Å²) < 4.78 is 6.57. The van der Waals surface area contributed by atoms with Crippen molar-refractivity contribution in [1.29, 1.82) is 0 Å². The molecular formula is C30H28ClN3O4S. The van der Waals surface area contributed by atoms with Gasteiger partial charge in [-0.3, -0.25) is 14.4 Å². The zero-order chi connectivity index (χ0) is 27.2. The number of fused-ring (bicyclic) bond motifs is 1. The molecule has 3 amide bonds. The third-order valence-electron chi connectivity index (χ3n) is 7.92. The molecule has 39 heavy (non-hydrogen) atoms. The zero-order valence-electron chi connectivity index (χ0n) is 21.3. The SMILES string of the molecule is C[C@@]12C=C[C@]3(O1)[C@H](C(=O)N(Cc1ccc(Cl)cc1)[C@@H]3C(=O)NCc1ccccc1)[C@@H]2C(=O)NCc1cccs1. The summed E-state index contributed by atoms with van der Waals surface area (Å²) in [6, 6.07) is 19.7. The molecule has 6 rings (SSSR count). The average molecular weight is 562 g/mol. The van der Waals surface area contributed by atoms with Crippen molar-refractivity contribution in [2.45, 2.75) is 43.8 Å². The third kappa shape index (κ3) is 4.46. The van der Waals surface area contributed by atoms with Gasteiger partial charge in [0.25, 0.3) is 0 Å². The lowest BCUT2D eigenvalue weighted by molar-refractivity contribution is -0.145. The maximum absolute atomic E-state index is 14.2. The molecule has 3 aliphatic rings. The van der Waals surface area contributed by atoms with E-state index in [0.717, 1.165) is 16.0 Å². The summed E-state index contributed by atoms with van der Waals surface area (Å²) in [6.07, 6.45) is 3.67. The topological polar surface area (TPSA) is 87.7 Å². The highest BCUT2D eigenvalue weighted by molar-refractivity contribution is 7.09. The molecule has 0 unspecified atom stereocenters. The molecule has 2 fully saturated rings. The van der Waals surface area contributed by atoms with Crippen molar-refractivity contribution in [3.8, 4) is 0 Å². The molecule has 200 valence electrons. The Morgan fingerprint density at radius 3 is 2.41 bits per heavy atom. The summed E-state index contributed by atoms with van der Waals surface area (Å²) in [7, 11) is 0. The molecule has 2 saturated heterocycles. The Bertz CT molecular complexity index is 1430. The highest BCUT2D eigenvalue weighted by Gasteiger charge is 2.76. The fourth-order valence-electron chi connectivity index (χ4n) is 6.17. The molecule has 9 heteroatoms. The van der Waals surface area contributed by atoms with Gasteiger partial charge in [-0.2, -0.15) is 0 Å². The Balaban J connectivity index is 1.32. The van der Waals surface area contributed by atoms with Crippen molar-refractivity contribution in [2.75, 3.05) is 0 Å². The number of hydrogen-bond acceptors (Lipinski definition) is 5. The fourth-order valence-corrected chi connectivity index (χ4v) is 6.94. The Morgan fingerprint density at radius 1 is 0.949 bits per heavy atom. The van der Waals surface area contributed by atoms with Crippen LogP contribution in [-0.4, -0.2) is 39.9 Å². The van der Waals surface area contributed by atoms with Crippen LogP contribution in [0.15, 0.2) is 84.3 Å². The first-order valence-corrected chi connectivity index (χ1v) is 14.1. The zero-order valence-corrected chi connectivity index (χ0v) is 22.9. The highest BCUT2D eigenvalue weighted by atomic mass is 35.5. The second-order valence-corrected chi connectivity index (χ2v) is 11.9. The summed E-state index contributed by atoms with van der Waals surface area (Å²) in [5, 5.41) is 8.55. The number of nitrogens with zero attached hydrogens (tertiary/aromatic N) is 1. The number of ether oxygens (including phenoxy) is 1. The molecule has 7 nitrogen and oxygen atoms in total. The predicted molar refractivity (Wildman–Crippen MR) is 149 cm³/mol. The number of nitrogens with one attached hydrogen (secondary N) is 2. The number of rotatable bonds is 8. The first-order chi connectivity index (χ1) is 18.8. The van der Waals surface area contributed by atoms with Crippen LogP contribution in [0.2, 0.25) is 5.02 Å². The van der Waals surface area contributed by atoms with E-state index in [0.29, 0.717) is 18.1 Å². The molecule has 0 aliphatic carbocycles. The van der Waals surface area contributed by atoms with Gasteiger partial charge in [0.15, 0.2) is 0 Å². The van der Waals surface area contributed by atoms with E-state index < -0.39 is 29.1 Å². The molecular weight excluding hydrogens is 534 g/mol. The molecule has 4 heterocycles. The first-order valence-electron chi connectivity index (χ1n) is 12.9. The first kappa shape index (κ1) is 25.8. The van der Waals surface area contributed by atoms with Gasteiger partial charge in [0.2, 0.25) is 17.7 Å². The minimum absolute atomic E-state index is 0.190. The van der Waals surface area contributed by atoms with E-state index in [1.165, 1.54) is 0 Å². The second kappa shape index (κ2) is 9.93. The van der Waals surface area contributed by atoms with E-state index in [1.54, 1.807) is 28.4 Å². The van der Waals surface area contributed by atoms with Crippen molar-refractivity contribution >= 4 is 40.7 Å². The molecule has 5 atom stereocenters. The van der Waals surface area contributed by atoms with E-state index in [4.69, 9.17) is 16.3 Å². The normalized spacial score (nSPS) is 28.5. The third-order valence-corrected chi connectivity index (χ3v) is 9.05. The summed E-state index contributed by atoms with van der Waals surface area (Å²) >= 11 is 7.64. The second-order valence-electron chi connectivity index (χ2n) is 10.4. The standard InChI is InChI=1S/C30H28ClN3O4S/c1-29-13-14-30(38-29)24(23(29)26(35)33-17-22-8-5-15-39-22)28(37)34(18-20-9-11-21(31)12-10-20)25(30)27(36)32-16-19-6-3-2-4-7-19/h2-15,23-25H,16-18H2,1H3,(H,32,36)(H,33,35)/t23-,24+,25-,29+,30+/m1/s1. The average Bonchev–Trinajstić information content (AvgIpc) is 3.68. The quantitative estimate of drug-likeness (QED) is 0.406. The molecule has 1 aromatic heterocycles. The molecule has 0 saturated carbocycles. The van der Waals surface area contributed by atoms with Gasteiger partial charge in [-0.1, -0.05) is 72.3 Å². The van der Waals surface area contributed by atoms with Crippen LogP contribution in [0, 0.1) is 11.8 Å². The van der Waals surface area contributed by atoms with Crippen molar-refractivity contribution in [2.24, 2.45) is 11.8 Å². The minimum atomic E-state index is -1.25.